The van der Waals surface area contributed by atoms with Crippen LogP contribution in [0.1, 0.15) is 12.6 Å². The van der Waals surface area contributed by atoms with Crippen LogP contribution in [-0.4, -0.2) is 55.1 Å². The molecule has 1 heterocycles. The summed E-state index contributed by atoms with van der Waals surface area (Å²) in [4.78, 5) is 2.21. The second-order valence-electron chi connectivity index (χ2n) is 4.41. The molecule has 0 aliphatic carbocycles. The van der Waals surface area contributed by atoms with Crippen LogP contribution < -0.4 is 11.1 Å². The monoisotopic (exact) mass is 255 g/mol. The first-order valence-electron chi connectivity index (χ1n) is 6.32. The van der Waals surface area contributed by atoms with Gasteiger partial charge in [0.1, 0.15) is 5.82 Å². The molecule has 1 rings (SSSR count). The largest absolute Gasteiger partial charge is 0.394 e. The first kappa shape index (κ1) is 14.8. The van der Waals surface area contributed by atoms with Gasteiger partial charge in [0.2, 0.25) is 0 Å². The molecule has 6 nitrogen and oxygen atoms in total. The number of nitrogen functional groups attached to an aromatic ring is 1. The zero-order valence-electron chi connectivity index (χ0n) is 11.9. The van der Waals surface area contributed by atoms with Crippen LogP contribution >= 0.6 is 0 Å². The molecule has 0 amide bonds. The van der Waals surface area contributed by atoms with E-state index in [2.05, 4.69) is 29.3 Å². The van der Waals surface area contributed by atoms with Crippen molar-refractivity contribution in [2.24, 2.45) is 7.05 Å². The molecule has 0 bridgehead atoms. The van der Waals surface area contributed by atoms with Crippen molar-refractivity contribution in [2.45, 2.75) is 13.3 Å². The van der Waals surface area contributed by atoms with Crippen LogP contribution in [0, 0.1) is 0 Å². The number of nitrogens with one attached hydrogen (secondary N) is 1. The second-order valence-corrected chi connectivity index (χ2v) is 4.41. The first-order chi connectivity index (χ1) is 8.60. The number of likely N-dealkylation sites (N-methyl/N-ethyl adjacent to an activating group) is 1. The van der Waals surface area contributed by atoms with Crippen LogP contribution in [-0.2, 0) is 18.2 Å². The van der Waals surface area contributed by atoms with Crippen molar-refractivity contribution in [3.05, 3.63) is 5.69 Å². The van der Waals surface area contributed by atoms with E-state index in [-0.39, 0.29) is 0 Å². The fourth-order valence-electron chi connectivity index (χ4n) is 1.79. The highest BCUT2D eigenvalue weighted by Gasteiger charge is 2.11. The van der Waals surface area contributed by atoms with E-state index in [1.54, 1.807) is 7.11 Å². The summed E-state index contributed by atoms with van der Waals surface area (Å²) in [5, 5.41) is 7.71. The van der Waals surface area contributed by atoms with Gasteiger partial charge in [-0.25, -0.2) is 0 Å². The molecule has 6 heteroatoms. The van der Waals surface area contributed by atoms with Crippen LogP contribution in [0.5, 0.6) is 0 Å². The number of ether oxygens (including phenoxy) is 1. The molecular formula is C12H25N5O. The Morgan fingerprint density at radius 2 is 2.17 bits per heavy atom. The van der Waals surface area contributed by atoms with E-state index < -0.39 is 0 Å². The third-order valence-corrected chi connectivity index (χ3v) is 2.96. The number of anilines is 2. The van der Waals surface area contributed by atoms with Crippen LogP contribution in [0.3, 0.4) is 0 Å². The van der Waals surface area contributed by atoms with E-state index in [0.29, 0.717) is 0 Å². The van der Waals surface area contributed by atoms with Crippen LogP contribution in [0.15, 0.2) is 0 Å². The minimum Gasteiger partial charge on any atom is -0.394 e. The van der Waals surface area contributed by atoms with Crippen molar-refractivity contribution in [3.8, 4) is 0 Å². The van der Waals surface area contributed by atoms with Crippen molar-refractivity contribution < 1.29 is 4.74 Å². The van der Waals surface area contributed by atoms with Gasteiger partial charge < -0.3 is 20.7 Å². The highest BCUT2D eigenvalue weighted by Crippen LogP contribution is 2.21. The van der Waals surface area contributed by atoms with Gasteiger partial charge in [-0.2, -0.15) is 5.10 Å². The summed E-state index contributed by atoms with van der Waals surface area (Å²) in [7, 11) is 5.70. The number of hydrogen-bond acceptors (Lipinski definition) is 5. The summed E-state index contributed by atoms with van der Waals surface area (Å²) in [6.45, 7) is 5.52. The molecule has 0 saturated carbocycles. The number of aryl methyl sites for hydroxylation is 2. The van der Waals surface area contributed by atoms with Crippen molar-refractivity contribution in [1.82, 2.24) is 14.7 Å². The quantitative estimate of drug-likeness (QED) is 0.710. The maximum Gasteiger partial charge on any atom is 0.147 e. The fourth-order valence-corrected chi connectivity index (χ4v) is 1.79. The number of nitrogens with zero attached hydrogens (tertiary/aromatic N) is 3. The average molecular weight is 255 g/mol. The molecule has 1 aromatic rings. The number of methoxy groups -OCH3 is 1. The second kappa shape index (κ2) is 7.23. The standard InChI is InChI=1S/C12H25N5O/c1-5-10-11(13)12(17(3)15-10)14-6-7-16(2)8-9-18-4/h14H,5-9,13H2,1-4H3. The van der Waals surface area contributed by atoms with Gasteiger partial charge in [-0.3, -0.25) is 4.68 Å². The van der Waals surface area contributed by atoms with E-state index in [9.17, 15) is 0 Å². The molecule has 0 saturated heterocycles. The van der Waals surface area contributed by atoms with Gasteiger partial charge in [0, 0.05) is 33.8 Å². The van der Waals surface area contributed by atoms with E-state index in [0.717, 1.165) is 49.9 Å². The summed E-state index contributed by atoms with van der Waals surface area (Å²) >= 11 is 0. The summed E-state index contributed by atoms with van der Waals surface area (Å²) in [5.74, 6) is 0.909. The molecule has 3 N–H and O–H groups in total. The van der Waals surface area contributed by atoms with Crippen LogP contribution in [0.2, 0.25) is 0 Å². The van der Waals surface area contributed by atoms with Crippen molar-refractivity contribution in [3.63, 3.8) is 0 Å². The third kappa shape index (κ3) is 3.89. The van der Waals surface area contributed by atoms with Gasteiger partial charge in [-0.15, -0.1) is 0 Å². The molecule has 18 heavy (non-hydrogen) atoms. The molecule has 0 aromatic carbocycles. The summed E-state index contributed by atoms with van der Waals surface area (Å²) in [5.41, 5.74) is 7.75. The molecule has 0 spiro atoms. The third-order valence-electron chi connectivity index (χ3n) is 2.96. The van der Waals surface area contributed by atoms with E-state index in [1.165, 1.54) is 0 Å². The lowest BCUT2D eigenvalue weighted by Crippen LogP contribution is -2.28. The van der Waals surface area contributed by atoms with Crippen molar-refractivity contribution in [1.29, 1.82) is 0 Å². The predicted octanol–water partition coefficient (Wildman–Crippen LogP) is 0.555. The Labute approximate surface area is 109 Å². The highest BCUT2D eigenvalue weighted by molar-refractivity contribution is 5.64. The predicted molar refractivity (Wildman–Crippen MR) is 74.9 cm³/mol. The number of nitrogens with two attached hydrogens (primary N) is 1. The van der Waals surface area contributed by atoms with Crippen LogP contribution in [0.4, 0.5) is 11.5 Å². The van der Waals surface area contributed by atoms with Gasteiger partial charge in [-0.05, 0) is 13.5 Å². The highest BCUT2D eigenvalue weighted by atomic mass is 16.5. The minimum absolute atomic E-state index is 0.754. The zero-order valence-corrected chi connectivity index (χ0v) is 11.9. The van der Waals surface area contributed by atoms with Crippen LogP contribution in [0.25, 0.3) is 0 Å². The lowest BCUT2D eigenvalue weighted by molar-refractivity contribution is 0.163. The zero-order chi connectivity index (χ0) is 13.5. The van der Waals surface area contributed by atoms with Gasteiger partial charge in [0.25, 0.3) is 0 Å². The lowest BCUT2D eigenvalue weighted by Gasteiger charge is -2.16. The molecule has 0 radical (unpaired) electrons. The molecule has 104 valence electrons. The normalized spacial score (nSPS) is 11.2. The minimum atomic E-state index is 0.754. The van der Waals surface area contributed by atoms with Gasteiger partial charge >= 0.3 is 0 Å². The molecule has 0 atom stereocenters. The van der Waals surface area contributed by atoms with Crippen molar-refractivity contribution >= 4 is 11.5 Å². The maximum absolute atomic E-state index is 6.03. The van der Waals surface area contributed by atoms with E-state index >= 15 is 0 Å². The summed E-state index contributed by atoms with van der Waals surface area (Å²) < 4.78 is 6.85. The molecule has 0 fully saturated rings. The molecule has 0 aliphatic heterocycles. The Hall–Kier alpha value is -1.27. The Morgan fingerprint density at radius 1 is 1.44 bits per heavy atom. The maximum atomic E-state index is 6.03. The molecule has 0 aliphatic rings. The Morgan fingerprint density at radius 3 is 2.72 bits per heavy atom. The molecule has 0 unspecified atom stereocenters. The summed E-state index contributed by atoms with van der Waals surface area (Å²) in [6, 6.07) is 0. The first-order valence-corrected chi connectivity index (χ1v) is 6.32. The fraction of sp³-hybridized carbons (Fsp3) is 0.750. The number of rotatable bonds is 8. The Bertz CT molecular complexity index is 364. The molecular weight excluding hydrogens is 230 g/mol. The average Bonchev–Trinajstić information content (AvgIpc) is 2.63. The topological polar surface area (TPSA) is 68.3 Å². The van der Waals surface area contributed by atoms with Crippen molar-refractivity contribution in [2.75, 3.05) is 51.4 Å². The molecule has 1 aromatic heterocycles. The summed E-state index contributed by atoms with van der Waals surface area (Å²) in [6.07, 6.45) is 0.856. The number of hydrogen-bond donors (Lipinski definition) is 2. The van der Waals surface area contributed by atoms with Gasteiger partial charge in [-0.1, -0.05) is 6.92 Å². The smallest absolute Gasteiger partial charge is 0.147 e. The Balaban J connectivity index is 2.41. The number of aromatic nitrogens is 2. The SMILES string of the molecule is CCc1nn(C)c(NCCN(C)CCOC)c1N. The van der Waals surface area contributed by atoms with E-state index in [4.69, 9.17) is 10.5 Å². The van der Waals surface area contributed by atoms with Gasteiger partial charge in [0.15, 0.2) is 0 Å². The lowest BCUT2D eigenvalue weighted by atomic mass is 10.3. The van der Waals surface area contributed by atoms with Gasteiger partial charge in [0.05, 0.1) is 18.0 Å². The van der Waals surface area contributed by atoms with E-state index in [1.807, 2.05) is 11.7 Å². The Kier molecular flexibility index (Phi) is 5.94.